The normalized spacial score (nSPS) is 26.1. The van der Waals surface area contributed by atoms with Crippen LogP contribution < -0.4 is 4.72 Å². The van der Waals surface area contributed by atoms with Crippen molar-refractivity contribution in [2.45, 2.75) is 36.7 Å². The van der Waals surface area contributed by atoms with E-state index in [1.165, 1.54) is 0 Å². The molecule has 0 amide bonds. The van der Waals surface area contributed by atoms with E-state index in [2.05, 4.69) is 23.6 Å². The van der Waals surface area contributed by atoms with E-state index in [9.17, 15) is 8.42 Å². The fourth-order valence-electron chi connectivity index (χ4n) is 2.28. The molecule has 5 heteroatoms. The van der Waals surface area contributed by atoms with Crippen molar-refractivity contribution in [3.8, 4) is 0 Å². The molecule has 1 N–H and O–H groups in total. The van der Waals surface area contributed by atoms with E-state index < -0.39 is 10.0 Å². The lowest BCUT2D eigenvalue weighted by Gasteiger charge is -2.35. The first-order chi connectivity index (χ1) is 8.49. The zero-order valence-corrected chi connectivity index (χ0v) is 11.7. The molecule has 4 nitrogen and oxygen atoms in total. The lowest BCUT2D eigenvalue weighted by atomic mass is 10.0. The van der Waals surface area contributed by atoms with Gasteiger partial charge in [-0.05, 0) is 45.5 Å². The molecule has 1 aromatic rings. The first-order valence-corrected chi connectivity index (χ1v) is 7.75. The minimum Gasteiger partial charge on any atom is -0.304 e. The molecule has 2 rings (SSSR count). The number of nitrogens with zero attached hydrogens (tertiary/aromatic N) is 1. The number of benzene rings is 1. The lowest BCUT2D eigenvalue weighted by molar-refractivity contribution is 0.178. The SMILES string of the molecule is CC1CC(NS(=O)(=O)c2ccccc2)CCN1C. The van der Waals surface area contributed by atoms with Gasteiger partial charge in [-0.15, -0.1) is 0 Å². The van der Waals surface area contributed by atoms with E-state index in [1.54, 1.807) is 24.3 Å². The maximum atomic E-state index is 12.2. The van der Waals surface area contributed by atoms with Crippen molar-refractivity contribution in [3.63, 3.8) is 0 Å². The Bertz CT molecular complexity index is 487. The molecule has 2 unspecified atom stereocenters. The zero-order valence-electron chi connectivity index (χ0n) is 10.8. The highest BCUT2D eigenvalue weighted by Gasteiger charge is 2.26. The second kappa shape index (κ2) is 5.38. The van der Waals surface area contributed by atoms with Crippen LogP contribution in [0.4, 0.5) is 0 Å². The van der Waals surface area contributed by atoms with Gasteiger partial charge in [-0.2, -0.15) is 0 Å². The highest BCUT2D eigenvalue weighted by Crippen LogP contribution is 2.18. The molecule has 0 saturated carbocycles. The minimum atomic E-state index is -3.37. The molecule has 1 saturated heterocycles. The predicted octanol–water partition coefficient (Wildman–Crippen LogP) is 1.45. The third-order valence-corrected chi connectivity index (χ3v) is 5.12. The molecule has 0 aromatic heterocycles. The average Bonchev–Trinajstić information content (AvgIpc) is 2.35. The van der Waals surface area contributed by atoms with Gasteiger partial charge in [0.15, 0.2) is 0 Å². The first kappa shape index (κ1) is 13.5. The van der Waals surface area contributed by atoms with Crippen LogP contribution in [0.5, 0.6) is 0 Å². The summed E-state index contributed by atoms with van der Waals surface area (Å²) >= 11 is 0. The van der Waals surface area contributed by atoms with Crippen molar-refractivity contribution in [2.75, 3.05) is 13.6 Å². The Kier molecular flexibility index (Phi) is 4.04. The Morgan fingerprint density at radius 2 is 1.94 bits per heavy atom. The van der Waals surface area contributed by atoms with Crippen molar-refractivity contribution in [1.82, 2.24) is 9.62 Å². The quantitative estimate of drug-likeness (QED) is 0.902. The van der Waals surface area contributed by atoms with Crippen LogP contribution in [0.25, 0.3) is 0 Å². The van der Waals surface area contributed by atoms with E-state index >= 15 is 0 Å². The van der Waals surface area contributed by atoms with Crippen LogP contribution in [0, 0.1) is 0 Å². The van der Waals surface area contributed by atoms with Crippen molar-refractivity contribution in [3.05, 3.63) is 30.3 Å². The molecule has 0 aliphatic carbocycles. The van der Waals surface area contributed by atoms with E-state index in [-0.39, 0.29) is 6.04 Å². The summed E-state index contributed by atoms with van der Waals surface area (Å²) in [6, 6.07) is 9.01. The highest BCUT2D eigenvalue weighted by atomic mass is 32.2. The van der Waals surface area contributed by atoms with Gasteiger partial charge in [-0.25, -0.2) is 13.1 Å². The molecule has 1 fully saturated rings. The van der Waals surface area contributed by atoms with E-state index in [0.29, 0.717) is 10.9 Å². The van der Waals surface area contributed by atoms with Crippen LogP contribution in [0.2, 0.25) is 0 Å². The molecule has 1 aliphatic heterocycles. The van der Waals surface area contributed by atoms with Crippen molar-refractivity contribution >= 4 is 10.0 Å². The van der Waals surface area contributed by atoms with Gasteiger partial charge in [-0.3, -0.25) is 0 Å². The number of sulfonamides is 1. The number of piperidine rings is 1. The summed E-state index contributed by atoms with van der Waals surface area (Å²) in [4.78, 5) is 2.60. The summed E-state index contributed by atoms with van der Waals surface area (Å²) in [6.45, 7) is 3.06. The largest absolute Gasteiger partial charge is 0.304 e. The maximum absolute atomic E-state index is 12.2. The maximum Gasteiger partial charge on any atom is 0.240 e. The third-order valence-electron chi connectivity index (χ3n) is 3.58. The van der Waals surface area contributed by atoms with Gasteiger partial charge < -0.3 is 4.90 Å². The highest BCUT2D eigenvalue weighted by molar-refractivity contribution is 7.89. The fourth-order valence-corrected chi connectivity index (χ4v) is 3.59. The molecule has 2 atom stereocenters. The van der Waals surface area contributed by atoms with Crippen LogP contribution in [0.1, 0.15) is 19.8 Å². The van der Waals surface area contributed by atoms with Crippen LogP contribution >= 0.6 is 0 Å². The summed E-state index contributed by atoms with van der Waals surface area (Å²) in [5, 5.41) is 0. The summed E-state index contributed by atoms with van der Waals surface area (Å²) in [7, 11) is -1.29. The van der Waals surface area contributed by atoms with Gasteiger partial charge in [0.25, 0.3) is 0 Å². The zero-order chi connectivity index (χ0) is 13.2. The van der Waals surface area contributed by atoms with E-state index in [4.69, 9.17) is 0 Å². The van der Waals surface area contributed by atoms with Crippen LogP contribution in [-0.4, -0.2) is 39.0 Å². The second-order valence-electron chi connectivity index (χ2n) is 4.99. The Hall–Kier alpha value is -0.910. The van der Waals surface area contributed by atoms with Crippen LogP contribution in [0.3, 0.4) is 0 Å². The molecule has 1 aliphatic rings. The molecule has 100 valence electrons. The van der Waals surface area contributed by atoms with Crippen LogP contribution in [-0.2, 0) is 10.0 Å². The smallest absolute Gasteiger partial charge is 0.240 e. The average molecular weight is 268 g/mol. The van der Waals surface area contributed by atoms with Crippen LogP contribution in [0.15, 0.2) is 35.2 Å². The van der Waals surface area contributed by atoms with Gasteiger partial charge in [-0.1, -0.05) is 18.2 Å². The Balaban J connectivity index is 2.06. The lowest BCUT2D eigenvalue weighted by Crippen LogP contribution is -2.47. The molecule has 0 radical (unpaired) electrons. The standard InChI is InChI=1S/C13H20N2O2S/c1-11-10-12(8-9-15(11)2)14-18(16,17)13-6-4-3-5-7-13/h3-7,11-12,14H,8-10H2,1-2H3. The topological polar surface area (TPSA) is 49.4 Å². The Morgan fingerprint density at radius 1 is 1.28 bits per heavy atom. The second-order valence-corrected chi connectivity index (χ2v) is 6.70. The number of hydrogen-bond donors (Lipinski definition) is 1. The number of likely N-dealkylation sites (tertiary alicyclic amines) is 1. The van der Waals surface area contributed by atoms with E-state index in [0.717, 1.165) is 19.4 Å². The molecule has 1 heterocycles. The monoisotopic (exact) mass is 268 g/mol. The van der Waals surface area contributed by atoms with Crippen molar-refractivity contribution in [2.24, 2.45) is 0 Å². The van der Waals surface area contributed by atoms with Crippen molar-refractivity contribution in [1.29, 1.82) is 0 Å². The van der Waals surface area contributed by atoms with E-state index in [1.807, 2.05) is 6.07 Å². The van der Waals surface area contributed by atoms with Gasteiger partial charge in [0.05, 0.1) is 4.90 Å². The van der Waals surface area contributed by atoms with Gasteiger partial charge in [0, 0.05) is 12.1 Å². The molecular formula is C13H20N2O2S. The minimum absolute atomic E-state index is 0.0430. The molecule has 1 aromatic carbocycles. The number of rotatable bonds is 3. The summed E-state index contributed by atoms with van der Waals surface area (Å²) in [5.41, 5.74) is 0. The fraction of sp³-hybridized carbons (Fsp3) is 0.538. The van der Waals surface area contributed by atoms with Gasteiger partial charge in [0.2, 0.25) is 10.0 Å². The Labute approximate surface area is 109 Å². The first-order valence-electron chi connectivity index (χ1n) is 6.26. The summed E-state index contributed by atoms with van der Waals surface area (Å²) in [5.74, 6) is 0. The summed E-state index contributed by atoms with van der Waals surface area (Å²) < 4.78 is 27.1. The van der Waals surface area contributed by atoms with Gasteiger partial charge in [0.1, 0.15) is 0 Å². The van der Waals surface area contributed by atoms with Crippen molar-refractivity contribution < 1.29 is 8.42 Å². The molecule has 0 spiro atoms. The molecule has 18 heavy (non-hydrogen) atoms. The third kappa shape index (κ3) is 3.10. The number of nitrogens with one attached hydrogen (secondary N) is 1. The predicted molar refractivity (Wildman–Crippen MR) is 71.9 cm³/mol. The number of hydrogen-bond acceptors (Lipinski definition) is 3. The molecular weight excluding hydrogens is 248 g/mol. The summed E-state index contributed by atoms with van der Waals surface area (Å²) in [6.07, 6.45) is 1.73. The Morgan fingerprint density at radius 3 is 2.56 bits per heavy atom. The van der Waals surface area contributed by atoms with Gasteiger partial charge >= 0.3 is 0 Å². The molecule has 0 bridgehead atoms.